The Labute approximate surface area is 112 Å². The maximum atomic E-state index is 5.93. The van der Waals surface area contributed by atoms with E-state index in [9.17, 15) is 0 Å². The van der Waals surface area contributed by atoms with E-state index >= 15 is 0 Å². The monoisotopic (exact) mass is 252 g/mol. The first-order valence-electron chi connectivity index (χ1n) is 6.28. The Morgan fingerprint density at radius 1 is 1.11 bits per heavy atom. The molecule has 0 aliphatic heterocycles. The van der Waals surface area contributed by atoms with Crippen molar-refractivity contribution in [2.45, 2.75) is 13.5 Å². The predicted molar refractivity (Wildman–Crippen MR) is 78.2 cm³/mol. The Bertz CT molecular complexity index is 716. The lowest BCUT2D eigenvalue weighted by molar-refractivity contribution is 0.305. The maximum absolute atomic E-state index is 5.93. The molecule has 0 aliphatic rings. The molecule has 19 heavy (non-hydrogen) atoms. The van der Waals surface area contributed by atoms with Gasteiger partial charge in [0.25, 0.3) is 0 Å². The van der Waals surface area contributed by atoms with Crippen LogP contribution in [0.2, 0.25) is 0 Å². The largest absolute Gasteiger partial charge is 0.489 e. The third-order valence-electron chi connectivity index (χ3n) is 3.31. The molecule has 0 amide bonds. The zero-order valence-corrected chi connectivity index (χ0v) is 10.8. The highest BCUT2D eigenvalue weighted by Crippen LogP contribution is 2.25. The van der Waals surface area contributed by atoms with Crippen molar-refractivity contribution in [2.24, 2.45) is 0 Å². The number of aromatic nitrogens is 1. The van der Waals surface area contributed by atoms with Crippen LogP contribution in [0, 0.1) is 6.92 Å². The van der Waals surface area contributed by atoms with Crippen LogP contribution in [0.1, 0.15) is 11.1 Å². The van der Waals surface area contributed by atoms with Gasteiger partial charge in [-0.25, -0.2) is 0 Å². The minimum atomic E-state index is 0.536. The molecule has 2 aromatic carbocycles. The number of anilines is 1. The second-order valence-electron chi connectivity index (χ2n) is 4.64. The minimum Gasteiger partial charge on any atom is -0.489 e. The van der Waals surface area contributed by atoms with Gasteiger partial charge in [-0.3, -0.25) is 0 Å². The third kappa shape index (κ3) is 2.15. The van der Waals surface area contributed by atoms with Crippen LogP contribution in [0.15, 0.2) is 48.7 Å². The van der Waals surface area contributed by atoms with Crippen LogP contribution in [0.4, 0.5) is 5.69 Å². The fourth-order valence-corrected chi connectivity index (χ4v) is 2.23. The zero-order valence-electron chi connectivity index (χ0n) is 10.8. The van der Waals surface area contributed by atoms with Crippen LogP contribution in [0.5, 0.6) is 5.75 Å². The fraction of sp³-hybridized carbons (Fsp3) is 0.125. The molecule has 0 radical (unpaired) electrons. The molecule has 0 saturated carbocycles. The van der Waals surface area contributed by atoms with Crippen molar-refractivity contribution >= 4 is 16.6 Å². The van der Waals surface area contributed by atoms with E-state index in [-0.39, 0.29) is 0 Å². The number of rotatable bonds is 3. The number of hydrogen-bond acceptors (Lipinski definition) is 2. The van der Waals surface area contributed by atoms with Gasteiger partial charge in [-0.05, 0) is 24.6 Å². The van der Waals surface area contributed by atoms with E-state index in [1.807, 2.05) is 49.5 Å². The van der Waals surface area contributed by atoms with E-state index in [1.165, 1.54) is 0 Å². The predicted octanol–water partition coefficient (Wildman–Crippen LogP) is 3.64. The normalized spacial score (nSPS) is 10.8. The molecular formula is C16H16N2O. The van der Waals surface area contributed by atoms with E-state index in [2.05, 4.69) is 11.1 Å². The van der Waals surface area contributed by atoms with Gasteiger partial charge >= 0.3 is 0 Å². The molecule has 3 N–H and O–H groups in total. The van der Waals surface area contributed by atoms with Crippen molar-refractivity contribution in [3.8, 4) is 5.75 Å². The van der Waals surface area contributed by atoms with Crippen LogP contribution < -0.4 is 10.5 Å². The van der Waals surface area contributed by atoms with E-state index in [0.717, 1.165) is 33.5 Å². The van der Waals surface area contributed by atoms with Crippen molar-refractivity contribution in [1.82, 2.24) is 4.98 Å². The average molecular weight is 252 g/mol. The van der Waals surface area contributed by atoms with Gasteiger partial charge in [0.1, 0.15) is 12.4 Å². The molecule has 0 spiro atoms. The number of para-hydroxylation sites is 2. The number of benzene rings is 2. The van der Waals surface area contributed by atoms with E-state index < -0.39 is 0 Å². The zero-order chi connectivity index (χ0) is 13.2. The van der Waals surface area contributed by atoms with Crippen LogP contribution in [0.3, 0.4) is 0 Å². The summed E-state index contributed by atoms with van der Waals surface area (Å²) < 4.78 is 5.87. The van der Waals surface area contributed by atoms with Crippen LogP contribution in [-0.4, -0.2) is 4.98 Å². The molecule has 3 rings (SSSR count). The molecule has 0 saturated heterocycles. The van der Waals surface area contributed by atoms with Gasteiger partial charge in [-0.15, -0.1) is 0 Å². The van der Waals surface area contributed by atoms with E-state index in [4.69, 9.17) is 10.5 Å². The Morgan fingerprint density at radius 3 is 2.79 bits per heavy atom. The molecule has 0 aliphatic carbocycles. The van der Waals surface area contributed by atoms with Crippen LogP contribution in [-0.2, 0) is 6.61 Å². The number of aromatic amines is 1. The number of nitrogen functional groups attached to an aromatic ring is 1. The first-order valence-corrected chi connectivity index (χ1v) is 6.28. The van der Waals surface area contributed by atoms with Crippen molar-refractivity contribution < 1.29 is 4.74 Å². The third-order valence-corrected chi connectivity index (χ3v) is 3.31. The highest BCUT2D eigenvalue weighted by molar-refractivity contribution is 5.92. The summed E-state index contributed by atoms with van der Waals surface area (Å²) in [6.45, 7) is 2.58. The number of nitrogens with one attached hydrogen (secondary N) is 1. The fourth-order valence-electron chi connectivity index (χ4n) is 2.23. The molecule has 96 valence electrons. The number of ether oxygens (including phenoxy) is 1. The van der Waals surface area contributed by atoms with Gasteiger partial charge in [0, 0.05) is 17.1 Å². The lowest BCUT2D eigenvalue weighted by Gasteiger charge is -2.08. The van der Waals surface area contributed by atoms with Gasteiger partial charge in [0.15, 0.2) is 0 Å². The van der Waals surface area contributed by atoms with E-state index in [0.29, 0.717) is 6.61 Å². The Hall–Kier alpha value is -2.42. The second kappa shape index (κ2) is 4.69. The molecular weight excluding hydrogens is 236 g/mol. The quantitative estimate of drug-likeness (QED) is 0.699. The molecule has 0 unspecified atom stereocenters. The second-order valence-corrected chi connectivity index (χ2v) is 4.64. The van der Waals surface area contributed by atoms with Gasteiger partial charge in [-0.1, -0.05) is 30.3 Å². The molecule has 0 atom stereocenters. The lowest BCUT2D eigenvalue weighted by atomic mass is 10.1. The topological polar surface area (TPSA) is 51.0 Å². The molecule has 3 nitrogen and oxygen atoms in total. The van der Waals surface area contributed by atoms with Crippen LogP contribution >= 0.6 is 0 Å². The van der Waals surface area contributed by atoms with Gasteiger partial charge in [-0.2, -0.15) is 0 Å². The average Bonchev–Trinajstić information content (AvgIpc) is 2.83. The van der Waals surface area contributed by atoms with Gasteiger partial charge in [0.05, 0.1) is 11.2 Å². The van der Waals surface area contributed by atoms with Crippen LogP contribution in [0.25, 0.3) is 10.9 Å². The first kappa shape index (κ1) is 11.7. The first-order chi connectivity index (χ1) is 9.25. The molecule has 0 bridgehead atoms. The number of H-pyrrole nitrogens is 1. The SMILES string of the molecule is Cc1ccccc1OCc1c[nH]c2c(N)cccc12. The molecule has 1 heterocycles. The van der Waals surface area contributed by atoms with Crippen molar-refractivity contribution in [2.75, 3.05) is 5.73 Å². The summed E-state index contributed by atoms with van der Waals surface area (Å²) in [7, 11) is 0. The Morgan fingerprint density at radius 2 is 1.95 bits per heavy atom. The molecule has 3 aromatic rings. The van der Waals surface area contributed by atoms with Crippen molar-refractivity contribution in [3.63, 3.8) is 0 Å². The van der Waals surface area contributed by atoms with Gasteiger partial charge in [0.2, 0.25) is 0 Å². The highest BCUT2D eigenvalue weighted by Gasteiger charge is 2.06. The minimum absolute atomic E-state index is 0.536. The smallest absolute Gasteiger partial charge is 0.122 e. The molecule has 1 aromatic heterocycles. The standard InChI is InChI=1S/C16H16N2O/c1-11-5-2-3-8-15(11)19-10-12-9-18-16-13(12)6-4-7-14(16)17/h2-9,18H,10,17H2,1H3. The van der Waals surface area contributed by atoms with Gasteiger partial charge < -0.3 is 15.5 Å². The summed E-state index contributed by atoms with van der Waals surface area (Å²) in [6.07, 6.45) is 1.96. The molecule has 3 heteroatoms. The van der Waals surface area contributed by atoms with Crippen molar-refractivity contribution in [3.05, 3.63) is 59.8 Å². The summed E-state index contributed by atoms with van der Waals surface area (Å²) in [5.74, 6) is 0.917. The number of nitrogens with two attached hydrogens (primary N) is 1. The summed E-state index contributed by atoms with van der Waals surface area (Å²) in [4.78, 5) is 3.20. The highest BCUT2D eigenvalue weighted by atomic mass is 16.5. The number of aryl methyl sites for hydroxylation is 1. The summed E-state index contributed by atoms with van der Waals surface area (Å²) in [5, 5.41) is 1.12. The summed E-state index contributed by atoms with van der Waals surface area (Å²) in [5.41, 5.74) is 9.93. The Kier molecular flexibility index (Phi) is 2.88. The summed E-state index contributed by atoms with van der Waals surface area (Å²) >= 11 is 0. The van der Waals surface area contributed by atoms with E-state index in [1.54, 1.807) is 0 Å². The number of fused-ring (bicyclic) bond motifs is 1. The maximum Gasteiger partial charge on any atom is 0.122 e. The summed E-state index contributed by atoms with van der Waals surface area (Å²) in [6, 6.07) is 13.9. The van der Waals surface area contributed by atoms with Crippen molar-refractivity contribution in [1.29, 1.82) is 0 Å². The number of hydrogen-bond donors (Lipinski definition) is 2. The Balaban J connectivity index is 1.87. The molecule has 0 fully saturated rings. The lowest BCUT2D eigenvalue weighted by Crippen LogP contribution is -1.96.